The third kappa shape index (κ3) is 6.68. The summed E-state index contributed by atoms with van der Waals surface area (Å²) in [4.78, 5) is 13.4. The van der Waals surface area contributed by atoms with Gasteiger partial charge in [0.1, 0.15) is 6.61 Å². The van der Waals surface area contributed by atoms with Crippen LogP contribution in [0.3, 0.4) is 0 Å². The van der Waals surface area contributed by atoms with E-state index in [0.717, 1.165) is 32.6 Å². The van der Waals surface area contributed by atoms with Crippen molar-refractivity contribution < 1.29 is 9.53 Å². The molecule has 0 fully saturated rings. The summed E-state index contributed by atoms with van der Waals surface area (Å²) in [5.41, 5.74) is 1.28. The Morgan fingerprint density at radius 3 is 2.55 bits per heavy atom. The topological polar surface area (TPSA) is 41.6 Å². The summed E-state index contributed by atoms with van der Waals surface area (Å²) in [6.45, 7) is 8.04. The summed E-state index contributed by atoms with van der Waals surface area (Å²) >= 11 is 0. The Morgan fingerprint density at radius 2 is 1.90 bits per heavy atom. The first-order valence-corrected chi connectivity index (χ1v) is 7.38. The van der Waals surface area contributed by atoms with Gasteiger partial charge in [0.05, 0.1) is 0 Å². The SMILES string of the molecule is CCN(CC)C(=O)COCCCNCc1ccccc1. The maximum atomic E-state index is 11.7. The van der Waals surface area contributed by atoms with Gasteiger partial charge in [0.15, 0.2) is 0 Å². The molecule has 0 aliphatic rings. The van der Waals surface area contributed by atoms with E-state index in [9.17, 15) is 4.79 Å². The Morgan fingerprint density at radius 1 is 1.20 bits per heavy atom. The summed E-state index contributed by atoms with van der Waals surface area (Å²) in [5.74, 6) is 0.0762. The van der Waals surface area contributed by atoms with Crippen molar-refractivity contribution in [3.8, 4) is 0 Å². The van der Waals surface area contributed by atoms with E-state index in [4.69, 9.17) is 4.74 Å². The minimum atomic E-state index is 0.0762. The van der Waals surface area contributed by atoms with Crippen LogP contribution in [0.5, 0.6) is 0 Å². The van der Waals surface area contributed by atoms with Crippen molar-refractivity contribution in [3.05, 3.63) is 35.9 Å². The molecule has 0 bridgehead atoms. The number of ether oxygens (including phenoxy) is 1. The number of hydrogen-bond donors (Lipinski definition) is 1. The normalized spacial score (nSPS) is 10.5. The molecule has 0 spiro atoms. The number of amides is 1. The molecule has 0 atom stereocenters. The molecule has 112 valence electrons. The second kappa shape index (κ2) is 10.4. The van der Waals surface area contributed by atoms with E-state index in [1.54, 1.807) is 4.90 Å². The van der Waals surface area contributed by atoms with E-state index in [1.807, 2.05) is 32.0 Å². The molecule has 0 heterocycles. The van der Waals surface area contributed by atoms with Gasteiger partial charge in [-0.15, -0.1) is 0 Å². The molecule has 0 saturated carbocycles. The minimum absolute atomic E-state index is 0.0762. The fraction of sp³-hybridized carbons (Fsp3) is 0.562. The molecule has 0 aromatic heterocycles. The zero-order valence-corrected chi connectivity index (χ0v) is 12.6. The van der Waals surface area contributed by atoms with Crippen LogP contribution in [-0.2, 0) is 16.1 Å². The van der Waals surface area contributed by atoms with Gasteiger partial charge in [-0.1, -0.05) is 30.3 Å². The average molecular weight is 278 g/mol. The smallest absolute Gasteiger partial charge is 0.248 e. The lowest BCUT2D eigenvalue weighted by molar-refractivity contribution is -0.135. The molecular weight excluding hydrogens is 252 g/mol. The first-order valence-electron chi connectivity index (χ1n) is 7.38. The summed E-state index contributed by atoms with van der Waals surface area (Å²) in [5, 5.41) is 3.36. The third-order valence-corrected chi connectivity index (χ3v) is 3.16. The first kappa shape index (κ1) is 16.7. The van der Waals surface area contributed by atoms with E-state index < -0.39 is 0 Å². The Bertz CT molecular complexity index is 364. The molecule has 1 rings (SSSR count). The maximum Gasteiger partial charge on any atom is 0.248 e. The quantitative estimate of drug-likeness (QED) is 0.666. The van der Waals surface area contributed by atoms with Crippen LogP contribution in [0.25, 0.3) is 0 Å². The largest absolute Gasteiger partial charge is 0.372 e. The maximum absolute atomic E-state index is 11.7. The number of benzene rings is 1. The van der Waals surface area contributed by atoms with Crippen molar-refractivity contribution >= 4 is 5.91 Å². The predicted octanol–water partition coefficient (Wildman–Crippen LogP) is 2.05. The minimum Gasteiger partial charge on any atom is -0.372 e. The molecule has 0 aliphatic carbocycles. The number of likely N-dealkylation sites (N-methyl/N-ethyl adjacent to an activating group) is 1. The van der Waals surface area contributed by atoms with Crippen molar-refractivity contribution in [1.82, 2.24) is 10.2 Å². The van der Waals surface area contributed by atoms with Gasteiger partial charge < -0.3 is 15.0 Å². The average Bonchev–Trinajstić information content (AvgIpc) is 2.48. The number of nitrogens with one attached hydrogen (secondary N) is 1. The highest BCUT2D eigenvalue weighted by Gasteiger charge is 2.08. The highest BCUT2D eigenvalue weighted by atomic mass is 16.5. The molecule has 20 heavy (non-hydrogen) atoms. The molecular formula is C16H26N2O2. The lowest BCUT2D eigenvalue weighted by atomic mass is 10.2. The number of rotatable bonds is 10. The van der Waals surface area contributed by atoms with Gasteiger partial charge in [0, 0.05) is 26.2 Å². The van der Waals surface area contributed by atoms with Gasteiger partial charge >= 0.3 is 0 Å². The van der Waals surface area contributed by atoms with Crippen LogP contribution in [-0.4, -0.2) is 43.7 Å². The van der Waals surface area contributed by atoms with E-state index in [-0.39, 0.29) is 12.5 Å². The van der Waals surface area contributed by atoms with Crippen molar-refractivity contribution in [3.63, 3.8) is 0 Å². The number of carbonyl (C=O) groups excluding carboxylic acids is 1. The fourth-order valence-electron chi connectivity index (χ4n) is 1.95. The number of nitrogens with zero attached hydrogens (tertiary/aromatic N) is 1. The van der Waals surface area contributed by atoms with Gasteiger partial charge in [-0.05, 0) is 32.4 Å². The summed E-state index contributed by atoms with van der Waals surface area (Å²) in [6.07, 6.45) is 0.915. The molecule has 0 unspecified atom stereocenters. The Labute approximate surface area is 122 Å². The lowest BCUT2D eigenvalue weighted by Gasteiger charge is -2.18. The van der Waals surface area contributed by atoms with Crippen molar-refractivity contribution in [2.24, 2.45) is 0 Å². The summed E-state index contributed by atoms with van der Waals surface area (Å²) in [6, 6.07) is 10.3. The van der Waals surface area contributed by atoms with Crippen LogP contribution in [0.2, 0.25) is 0 Å². The van der Waals surface area contributed by atoms with Crippen molar-refractivity contribution in [2.45, 2.75) is 26.8 Å². The standard InChI is InChI=1S/C16H26N2O2/c1-3-18(4-2)16(19)14-20-12-8-11-17-13-15-9-6-5-7-10-15/h5-7,9-10,17H,3-4,8,11-14H2,1-2H3. The molecule has 1 amide bonds. The van der Waals surface area contributed by atoms with Gasteiger partial charge in [0.2, 0.25) is 5.91 Å². The zero-order chi connectivity index (χ0) is 14.6. The van der Waals surface area contributed by atoms with Crippen LogP contribution in [0, 0.1) is 0 Å². The van der Waals surface area contributed by atoms with Gasteiger partial charge in [-0.25, -0.2) is 0 Å². The van der Waals surface area contributed by atoms with E-state index >= 15 is 0 Å². The fourth-order valence-corrected chi connectivity index (χ4v) is 1.95. The lowest BCUT2D eigenvalue weighted by Crippen LogP contribution is -2.33. The predicted molar refractivity (Wildman–Crippen MR) is 81.5 cm³/mol. The van der Waals surface area contributed by atoms with Gasteiger partial charge in [0.25, 0.3) is 0 Å². The van der Waals surface area contributed by atoms with Crippen LogP contribution < -0.4 is 5.32 Å². The van der Waals surface area contributed by atoms with Gasteiger partial charge in [-0.2, -0.15) is 0 Å². The summed E-state index contributed by atoms with van der Waals surface area (Å²) < 4.78 is 5.40. The van der Waals surface area contributed by atoms with E-state index in [0.29, 0.717) is 6.61 Å². The highest BCUT2D eigenvalue weighted by molar-refractivity contribution is 5.77. The molecule has 4 nitrogen and oxygen atoms in total. The van der Waals surface area contributed by atoms with Crippen molar-refractivity contribution in [2.75, 3.05) is 32.8 Å². The molecule has 0 radical (unpaired) electrons. The molecule has 0 aliphatic heterocycles. The molecule has 1 aromatic rings. The van der Waals surface area contributed by atoms with E-state index in [1.165, 1.54) is 5.56 Å². The second-order valence-corrected chi connectivity index (χ2v) is 4.63. The Hall–Kier alpha value is -1.39. The van der Waals surface area contributed by atoms with E-state index in [2.05, 4.69) is 17.4 Å². The summed E-state index contributed by atoms with van der Waals surface area (Å²) in [7, 11) is 0. The second-order valence-electron chi connectivity index (χ2n) is 4.63. The molecule has 1 N–H and O–H groups in total. The monoisotopic (exact) mass is 278 g/mol. The van der Waals surface area contributed by atoms with Gasteiger partial charge in [-0.3, -0.25) is 4.79 Å². The Kier molecular flexibility index (Phi) is 8.67. The van der Waals surface area contributed by atoms with Crippen LogP contribution in [0.4, 0.5) is 0 Å². The highest BCUT2D eigenvalue weighted by Crippen LogP contribution is 1.97. The molecule has 4 heteroatoms. The van der Waals surface area contributed by atoms with Crippen LogP contribution >= 0.6 is 0 Å². The zero-order valence-electron chi connectivity index (χ0n) is 12.6. The Balaban J connectivity index is 1.98. The third-order valence-electron chi connectivity index (χ3n) is 3.16. The number of carbonyl (C=O) groups is 1. The molecule has 1 aromatic carbocycles. The molecule has 0 saturated heterocycles. The number of hydrogen-bond acceptors (Lipinski definition) is 3. The van der Waals surface area contributed by atoms with Crippen LogP contribution in [0.1, 0.15) is 25.8 Å². The first-order chi connectivity index (χ1) is 9.77. The van der Waals surface area contributed by atoms with Crippen molar-refractivity contribution in [1.29, 1.82) is 0 Å². The van der Waals surface area contributed by atoms with Crippen LogP contribution in [0.15, 0.2) is 30.3 Å².